The van der Waals surface area contributed by atoms with Crippen LogP contribution in [0.15, 0.2) is 24.3 Å². The molecule has 0 aromatic heterocycles. The van der Waals surface area contributed by atoms with Crippen molar-refractivity contribution in [2.24, 2.45) is 11.8 Å². The molecule has 0 spiro atoms. The third-order valence-corrected chi connectivity index (χ3v) is 6.05. The third kappa shape index (κ3) is 3.27. The predicted octanol–water partition coefficient (Wildman–Crippen LogP) is 2.59. The van der Waals surface area contributed by atoms with Crippen LogP contribution in [0, 0.1) is 11.8 Å². The Morgan fingerprint density at radius 3 is 2.20 bits per heavy atom. The molecule has 0 N–H and O–H groups in total. The van der Waals surface area contributed by atoms with Crippen LogP contribution in [0.4, 0.5) is 5.69 Å². The van der Waals surface area contributed by atoms with Crippen LogP contribution in [-0.2, 0) is 9.59 Å². The number of rotatable bonds is 3. The summed E-state index contributed by atoms with van der Waals surface area (Å²) in [6.45, 7) is 3.90. The van der Waals surface area contributed by atoms with Crippen LogP contribution < -0.4 is 4.90 Å². The normalized spacial score (nSPS) is 27.7. The Hall–Kier alpha value is -1.59. The van der Waals surface area contributed by atoms with Crippen LogP contribution in [0.1, 0.15) is 25.7 Å². The van der Waals surface area contributed by atoms with Gasteiger partial charge < -0.3 is 4.90 Å². The van der Waals surface area contributed by atoms with Crippen LogP contribution in [0.25, 0.3) is 0 Å². The van der Waals surface area contributed by atoms with Gasteiger partial charge in [-0.15, -0.1) is 0 Å². The molecule has 2 unspecified atom stereocenters. The Morgan fingerprint density at radius 2 is 1.60 bits per heavy atom. The third-order valence-electron chi connectivity index (χ3n) is 5.82. The Morgan fingerprint density at radius 1 is 0.960 bits per heavy atom. The van der Waals surface area contributed by atoms with Gasteiger partial charge in [0.1, 0.15) is 0 Å². The van der Waals surface area contributed by atoms with E-state index >= 15 is 0 Å². The first kappa shape index (κ1) is 16.9. The Bertz CT molecular complexity index is 648. The number of fused-ring (bicyclic) bond motifs is 1. The average molecular weight is 362 g/mol. The largest absolute Gasteiger partial charge is 0.369 e. The molecule has 25 heavy (non-hydrogen) atoms. The fraction of sp³-hybridized carbons (Fsp3) is 0.579. The predicted molar refractivity (Wildman–Crippen MR) is 97.4 cm³/mol. The number of imide groups is 1. The zero-order valence-corrected chi connectivity index (χ0v) is 15.1. The second kappa shape index (κ2) is 6.96. The topological polar surface area (TPSA) is 43.9 Å². The minimum atomic E-state index is -0.0472. The van der Waals surface area contributed by atoms with Crippen LogP contribution in [0.3, 0.4) is 0 Å². The minimum Gasteiger partial charge on any atom is -0.369 e. The molecule has 2 aliphatic heterocycles. The van der Waals surface area contributed by atoms with Crippen molar-refractivity contribution in [2.75, 3.05) is 37.7 Å². The smallest absolute Gasteiger partial charge is 0.234 e. The highest BCUT2D eigenvalue weighted by Gasteiger charge is 2.48. The first-order valence-corrected chi connectivity index (χ1v) is 9.59. The fourth-order valence-electron chi connectivity index (χ4n) is 4.39. The highest BCUT2D eigenvalue weighted by molar-refractivity contribution is 6.30. The molecular weight excluding hydrogens is 338 g/mol. The van der Waals surface area contributed by atoms with Crippen molar-refractivity contribution in [2.45, 2.75) is 25.7 Å². The van der Waals surface area contributed by atoms with E-state index in [0.717, 1.165) is 62.6 Å². The van der Waals surface area contributed by atoms with Gasteiger partial charge in [-0.05, 0) is 31.0 Å². The van der Waals surface area contributed by atoms with E-state index in [-0.39, 0.29) is 23.7 Å². The number of carbonyl (C=O) groups is 2. The SMILES string of the molecule is O=C1C2CCCCC2C(=O)N1CN1CCN(c2cccc(Cl)c2)CC1. The molecule has 0 bridgehead atoms. The zero-order chi connectivity index (χ0) is 17.4. The molecule has 6 heteroatoms. The summed E-state index contributed by atoms with van der Waals surface area (Å²) in [6.07, 6.45) is 3.92. The number of carbonyl (C=O) groups excluding carboxylic acids is 2. The van der Waals surface area contributed by atoms with E-state index in [0.29, 0.717) is 6.67 Å². The average Bonchev–Trinajstić information content (AvgIpc) is 2.88. The number of anilines is 1. The highest BCUT2D eigenvalue weighted by Crippen LogP contribution is 2.38. The molecule has 134 valence electrons. The number of hydrogen-bond acceptors (Lipinski definition) is 4. The number of hydrogen-bond donors (Lipinski definition) is 0. The van der Waals surface area contributed by atoms with Crippen molar-refractivity contribution in [1.29, 1.82) is 0 Å². The summed E-state index contributed by atoms with van der Waals surface area (Å²) in [5, 5.41) is 0.746. The monoisotopic (exact) mass is 361 g/mol. The Labute approximate surface area is 153 Å². The summed E-state index contributed by atoms with van der Waals surface area (Å²) in [5.74, 6) is 0.0296. The van der Waals surface area contributed by atoms with Crippen LogP contribution in [0.2, 0.25) is 5.02 Å². The second-order valence-corrected chi connectivity index (χ2v) is 7.76. The lowest BCUT2D eigenvalue weighted by molar-refractivity contribution is -0.142. The van der Waals surface area contributed by atoms with Gasteiger partial charge in [0.25, 0.3) is 0 Å². The van der Waals surface area contributed by atoms with Gasteiger partial charge in [-0.25, -0.2) is 0 Å². The van der Waals surface area contributed by atoms with Crippen LogP contribution >= 0.6 is 11.6 Å². The van der Waals surface area contributed by atoms with Crippen molar-refractivity contribution in [3.63, 3.8) is 0 Å². The number of piperazine rings is 1. The lowest BCUT2D eigenvalue weighted by Crippen LogP contribution is -2.51. The number of nitrogens with zero attached hydrogens (tertiary/aromatic N) is 3. The van der Waals surface area contributed by atoms with Gasteiger partial charge in [0, 0.05) is 36.9 Å². The minimum absolute atomic E-state index is 0.0472. The van der Waals surface area contributed by atoms with E-state index in [9.17, 15) is 9.59 Å². The molecule has 1 aromatic carbocycles. The van der Waals surface area contributed by atoms with E-state index in [2.05, 4.69) is 15.9 Å². The molecule has 3 aliphatic rings. The zero-order valence-electron chi connectivity index (χ0n) is 14.4. The number of likely N-dealkylation sites (tertiary alicyclic amines) is 1. The summed E-state index contributed by atoms with van der Waals surface area (Å²) >= 11 is 6.08. The van der Waals surface area contributed by atoms with Gasteiger partial charge in [-0.3, -0.25) is 19.4 Å². The molecule has 3 fully saturated rings. The molecule has 2 saturated heterocycles. The molecule has 4 rings (SSSR count). The Balaban J connectivity index is 1.36. The summed E-state index contributed by atoms with van der Waals surface area (Å²) in [4.78, 5) is 31.2. The molecule has 1 aliphatic carbocycles. The summed E-state index contributed by atoms with van der Waals surface area (Å²) in [7, 11) is 0. The molecule has 0 radical (unpaired) electrons. The van der Waals surface area contributed by atoms with Gasteiger partial charge in [-0.2, -0.15) is 0 Å². The van der Waals surface area contributed by atoms with Gasteiger partial charge >= 0.3 is 0 Å². The maximum atomic E-state index is 12.6. The van der Waals surface area contributed by atoms with Crippen molar-refractivity contribution in [1.82, 2.24) is 9.80 Å². The standard InChI is InChI=1S/C19H24ClN3O2/c20-14-4-3-5-15(12-14)22-10-8-21(9-11-22)13-23-18(24)16-6-1-2-7-17(16)19(23)25/h3-5,12,16-17H,1-2,6-11,13H2. The van der Waals surface area contributed by atoms with E-state index in [1.165, 1.54) is 4.90 Å². The molecule has 1 saturated carbocycles. The van der Waals surface area contributed by atoms with E-state index in [4.69, 9.17) is 11.6 Å². The molecule has 2 amide bonds. The molecule has 5 nitrogen and oxygen atoms in total. The fourth-order valence-corrected chi connectivity index (χ4v) is 4.58. The summed E-state index contributed by atoms with van der Waals surface area (Å²) in [5.41, 5.74) is 1.13. The number of amides is 2. The van der Waals surface area contributed by atoms with Crippen molar-refractivity contribution in [3.05, 3.63) is 29.3 Å². The number of benzene rings is 1. The van der Waals surface area contributed by atoms with Gasteiger partial charge in [0.05, 0.1) is 18.5 Å². The van der Waals surface area contributed by atoms with E-state index < -0.39 is 0 Å². The molecule has 2 atom stereocenters. The van der Waals surface area contributed by atoms with Crippen molar-refractivity contribution < 1.29 is 9.59 Å². The van der Waals surface area contributed by atoms with Gasteiger partial charge in [-0.1, -0.05) is 30.5 Å². The Kier molecular flexibility index (Phi) is 4.69. The van der Waals surface area contributed by atoms with E-state index in [1.54, 1.807) is 0 Å². The first-order valence-electron chi connectivity index (χ1n) is 9.21. The summed E-state index contributed by atoms with van der Waals surface area (Å²) in [6, 6.07) is 7.90. The molecule has 1 aromatic rings. The molecule has 2 heterocycles. The lowest BCUT2D eigenvalue weighted by Gasteiger charge is -2.37. The highest BCUT2D eigenvalue weighted by atomic mass is 35.5. The van der Waals surface area contributed by atoms with Crippen LogP contribution in [-0.4, -0.2) is 54.5 Å². The quantitative estimate of drug-likeness (QED) is 0.776. The van der Waals surface area contributed by atoms with Gasteiger partial charge in [0.2, 0.25) is 11.8 Å². The summed E-state index contributed by atoms with van der Waals surface area (Å²) < 4.78 is 0. The maximum absolute atomic E-state index is 12.6. The second-order valence-electron chi connectivity index (χ2n) is 7.33. The first-order chi connectivity index (χ1) is 12.1. The maximum Gasteiger partial charge on any atom is 0.234 e. The lowest BCUT2D eigenvalue weighted by atomic mass is 9.81. The van der Waals surface area contributed by atoms with Crippen LogP contribution in [0.5, 0.6) is 0 Å². The van der Waals surface area contributed by atoms with E-state index in [1.807, 2.05) is 18.2 Å². The van der Waals surface area contributed by atoms with Crippen molar-refractivity contribution >= 4 is 29.1 Å². The number of halogens is 1. The van der Waals surface area contributed by atoms with Crippen molar-refractivity contribution in [3.8, 4) is 0 Å². The molecular formula is C19H24ClN3O2. The van der Waals surface area contributed by atoms with Gasteiger partial charge in [0.15, 0.2) is 0 Å².